The predicted octanol–water partition coefficient (Wildman–Crippen LogP) is 2.99. The van der Waals surface area contributed by atoms with Crippen LogP contribution in [0, 0.1) is 12.8 Å². The van der Waals surface area contributed by atoms with Crippen LogP contribution in [0.25, 0.3) is 0 Å². The maximum Gasteiger partial charge on any atom is 0.228 e. The van der Waals surface area contributed by atoms with Crippen molar-refractivity contribution in [3.05, 3.63) is 52.0 Å². The average molecular weight is 369 g/mol. The maximum absolute atomic E-state index is 13.2. The molecule has 2 aliphatic rings. The van der Waals surface area contributed by atoms with E-state index in [-0.39, 0.29) is 17.7 Å². The van der Waals surface area contributed by atoms with Gasteiger partial charge in [0, 0.05) is 35.0 Å². The lowest BCUT2D eigenvalue weighted by Gasteiger charge is -2.25. The molecule has 2 aromatic heterocycles. The average Bonchev–Trinajstić information content (AvgIpc) is 3.29. The van der Waals surface area contributed by atoms with Gasteiger partial charge in [-0.3, -0.25) is 14.6 Å². The first kappa shape index (κ1) is 17.2. The molecule has 1 aliphatic heterocycles. The quantitative estimate of drug-likeness (QED) is 0.787. The van der Waals surface area contributed by atoms with Crippen molar-refractivity contribution in [2.45, 2.75) is 45.3 Å². The third kappa shape index (κ3) is 3.80. The Morgan fingerprint density at radius 3 is 2.77 bits per heavy atom. The summed E-state index contributed by atoms with van der Waals surface area (Å²) < 4.78 is 0. The van der Waals surface area contributed by atoms with Crippen molar-refractivity contribution in [3.8, 4) is 0 Å². The molecular weight excluding hydrogens is 346 g/mol. The molecule has 0 aromatic carbocycles. The van der Waals surface area contributed by atoms with Crippen LogP contribution in [0.3, 0.4) is 0 Å². The Morgan fingerprint density at radius 2 is 2.12 bits per heavy atom. The molecule has 0 bridgehead atoms. The fourth-order valence-corrected chi connectivity index (χ4v) is 4.46. The van der Waals surface area contributed by atoms with Gasteiger partial charge in [0.15, 0.2) is 0 Å². The minimum atomic E-state index is -0.229. The van der Waals surface area contributed by atoms with Crippen LogP contribution in [0.4, 0.5) is 0 Å². The summed E-state index contributed by atoms with van der Waals surface area (Å²) in [4.78, 5) is 36.0. The Bertz CT molecular complexity index is 800. The summed E-state index contributed by atoms with van der Waals surface area (Å²) in [6.07, 6.45) is 4.26. The maximum atomic E-state index is 13.2. The number of likely N-dealkylation sites (tertiary alicyclic amines) is 1. The molecule has 6 heteroatoms. The Hall–Kier alpha value is -2.21. The molecule has 136 valence electrons. The van der Waals surface area contributed by atoms with E-state index in [0.29, 0.717) is 32.1 Å². The highest BCUT2D eigenvalue weighted by Gasteiger charge is 2.42. The molecule has 0 N–H and O–H groups in total. The summed E-state index contributed by atoms with van der Waals surface area (Å²) in [5.41, 5.74) is 0.873. The second kappa shape index (κ2) is 7.19. The van der Waals surface area contributed by atoms with Gasteiger partial charge in [-0.15, -0.1) is 11.3 Å². The number of hydrogen-bond acceptors (Lipinski definition) is 4. The van der Waals surface area contributed by atoms with E-state index < -0.39 is 0 Å². The Balaban J connectivity index is 1.51. The van der Waals surface area contributed by atoms with Crippen LogP contribution in [-0.2, 0) is 22.7 Å². The van der Waals surface area contributed by atoms with Gasteiger partial charge in [0.05, 0.1) is 24.7 Å². The molecule has 2 fully saturated rings. The van der Waals surface area contributed by atoms with Gasteiger partial charge in [-0.1, -0.05) is 6.07 Å². The first-order chi connectivity index (χ1) is 12.6. The molecule has 1 atom stereocenters. The van der Waals surface area contributed by atoms with E-state index in [2.05, 4.69) is 24.0 Å². The number of carbonyl (C=O) groups is 2. The van der Waals surface area contributed by atoms with Crippen molar-refractivity contribution in [1.29, 1.82) is 0 Å². The summed E-state index contributed by atoms with van der Waals surface area (Å²) in [5, 5.41) is 0. The van der Waals surface area contributed by atoms with Crippen LogP contribution in [0.1, 0.15) is 34.7 Å². The van der Waals surface area contributed by atoms with Crippen molar-refractivity contribution >= 4 is 23.2 Å². The standard InChI is InChI=1S/C20H23N3O2S/c1-14-5-8-18(26-14)13-22(12-16-4-2-3-9-21-16)20(25)15-10-19(24)23(11-15)17-6-7-17/h2-5,8-9,15,17H,6-7,10-13H2,1H3/t15-/m0/s1. The van der Waals surface area contributed by atoms with Gasteiger partial charge in [-0.2, -0.15) is 0 Å². The highest BCUT2D eigenvalue weighted by Crippen LogP contribution is 2.33. The molecular formula is C20H23N3O2S. The molecule has 0 unspecified atom stereocenters. The van der Waals surface area contributed by atoms with E-state index >= 15 is 0 Å². The van der Waals surface area contributed by atoms with Crippen LogP contribution < -0.4 is 0 Å². The fraction of sp³-hybridized carbons (Fsp3) is 0.450. The fourth-order valence-electron chi connectivity index (χ4n) is 3.55. The summed E-state index contributed by atoms with van der Waals surface area (Å²) in [7, 11) is 0. The van der Waals surface area contributed by atoms with Crippen molar-refractivity contribution in [2.24, 2.45) is 5.92 Å². The van der Waals surface area contributed by atoms with Gasteiger partial charge in [-0.05, 0) is 44.0 Å². The number of nitrogens with zero attached hydrogens (tertiary/aromatic N) is 3. The lowest BCUT2D eigenvalue weighted by molar-refractivity contribution is -0.137. The van der Waals surface area contributed by atoms with Crippen molar-refractivity contribution < 1.29 is 9.59 Å². The smallest absolute Gasteiger partial charge is 0.228 e. The summed E-state index contributed by atoms with van der Waals surface area (Å²) in [6.45, 7) is 3.69. The van der Waals surface area contributed by atoms with Gasteiger partial charge in [0.1, 0.15) is 0 Å². The second-order valence-electron chi connectivity index (χ2n) is 7.21. The van der Waals surface area contributed by atoms with Crippen LogP contribution in [-0.4, -0.2) is 39.2 Å². The van der Waals surface area contributed by atoms with Crippen molar-refractivity contribution in [3.63, 3.8) is 0 Å². The first-order valence-corrected chi connectivity index (χ1v) is 9.95. The highest BCUT2D eigenvalue weighted by atomic mass is 32.1. The lowest BCUT2D eigenvalue weighted by atomic mass is 10.1. The molecule has 0 radical (unpaired) electrons. The largest absolute Gasteiger partial charge is 0.339 e. The Morgan fingerprint density at radius 1 is 1.27 bits per heavy atom. The summed E-state index contributed by atoms with van der Waals surface area (Å²) in [5.74, 6) is -0.0262. The van der Waals surface area contributed by atoms with Gasteiger partial charge in [-0.25, -0.2) is 0 Å². The zero-order chi connectivity index (χ0) is 18.1. The monoisotopic (exact) mass is 369 g/mol. The molecule has 26 heavy (non-hydrogen) atoms. The number of pyridine rings is 1. The van der Waals surface area contributed by atoms with Crippen LogP contribution >= 0.6 is 11.3 Å². The number of rotatable bonds is 6. The van der Waals surface area contributed by atoms with Gasteiger partial charge in [0.2, 0.25) is 11.8 Å². The van der Waals surface area contributed by atoms with E-state index in [1.165, 1.54) is 4.88 Å². The summed E-state index contributed by atoms with van der Waals surface area (Å²) >= 11 is 1.71. The summed E-state index contributed by atoms with van der Waals surface area (Å²) in [6, 6.07) is 10.3. The van der Waals surface area contributed by atoms with E-state index in [0.717, 1.165) is 23.4 Å². The molecule has 2 amide bonds. The predicted molar refractivity (Wildman–Crippen MR) is 100 cm³/mol. The van der Waals surface area contributed by atoms with Gasteiger partial charge in [0.25, 0.3) is 0 Å². The molecule has 0 spiro atoms. The molecule has 1 saturated carbocycles. The minimum Gasteiger partial charge on any atom is -0.339 e. The lowest BCUT2D eigenvalue weighted by Crippen LogP contribution is -2.37. The zero-order valence-electron chi connectivity index (χ0n) is 14.9. The zero-order valence-corrected chi connectivity index (χ0v) is 15.7. The molecule has 1 saturated heterocycles. The molecule has 5 nitrogen and oxygen atoms in total. The normalized spacial score (nSPS) is 19.8. The molecule has 4 rings (SSSR count). The van der Waals surface area contributed by atoms with E-state index in [1.54, 1.807) is 17.5 Å². The Kier molecular flexibility index (Phi) is 4.76. The van der Waals surface area contributed by atoms with Crippen LogP contribution in [0.2, 0.25) is 0 Å². The van der Waals surface area contributed by atoms with Crippen molar-refractivity contribution in [2.75, 3.05) is 6.54 Å². The number of amides is 2. The SMILES string of the molecule is Cc1ccc(CN(Cc2ccccn2)C(=O)[C@H]2CC(=O)N(C3CC3)C2)s1. The van der Waals surface area contributed by atoms with E-state index in [4.69, 9.17) is 0 Å². The number of thiophene rings is 1. The third-order valence-corrected chi connectivity index (χ3v) is 6.01. The third-order valence-electron chi connectivity index (χ3n) is 5.03. The van der Waals surface area contributed by atoms with Crippen LogP contribution in [0.5, 0.6) is 0 Å². The second-order valence-corrected chi connectivity index (χ2v) is 8.58. The van der Waals surface area contributed by atoms with Gasteiger partial charge < -0.3 is 9.80 Å². The number of aromatic nitrogens is 1. The van der Waals surface area contributed by atoms with E-state index in [1.807, 2.05) is 28.0 Å². The van der Waals surface area contributed by atoms with Crippen molar-refractivity contribution in [1.82, 2.24) is 14.8 Å². The highest BCUT2D eigenvalue weighted by molar-refractivity contribution is 7.11. The minimum absolute atomic E-state index is 0.0678. The number of carbonyl (C=O) groups excluding carboxylic acids is 2. The first-order valence-electron chi connectivity index (χ1n) is 9.13. The Labute approximate surface area is 157 Å². The topological polar surface area (TPSA) is 53.5 Å². The number of hydrogen-bond donors (Lipinski definition) is 0. The number of aryl methyl sites for hydroxylation is 1. The molecule has 2 aromatic rings. The molecule has 3 heterocycles. The van der Waals surface area contributed by atoms with Gasteiger partial charge >= 0.3 is 0 Å². The van der Waals surface area contributed by atoms with Crippen LogP contribution in [0.15, 0.2) is 36.5 Å². The molecule has 1 aliphatic carbocycles. The van der Waals surface area contributed by atoms with E-state index in [9.17, 15) is 9.59 Å².